The molecule has 2 rings (SSSR count). The highest BCUT2D eigenvalue weighted by atomic mass is 32.2. The molecule has 0 atom stereocenters. The first-order chi connectivity index (χ1) is 7.40. The molecule has 0 aliphatic carbocycles. The summed E-state index contributed by atoms with van der Waals surface area (Å²) in [4.78, 5) is 4.33. The lowest BCUT2D eigenvalue weighted by Crippen LogP contribution is -1.82. The van der Waals surface area contributed by atoms with Crippen LogP contribution in [0.2, 0.25) is 0 Å². The lowest BCUT2D eigenvalue weighted by atomic mass is 10.2. The highest BCUT2D eigenvalue weighted by molar-refractivity contribution is 7.99. The van der Waals surface area contributed by atoms with E-state index in [4.69, 9.17) is 4.74 Å². The minimum atomic E-state index is 0.562. The SMILES string of the molecule is COCSc1n[nH]c(-c2ccccc2)n1. The van der Waals surface area contributed by atoms with Crippen molar-refractivity contribution in [2.45, 2.75) is 5.16 Å². The van der Waals surface area contributed by atoms with Gasteiger partial charge in [0.05, 0.1) is 5.94 Å². The monoisotopic (exact) mass is 221 g/mol. The molecule has 0 unspecified atom stereocenters. The summed E-state index contributed by atoms with van der Waals surface area (Å²) in [6, 6.07) is 9.90. The average Bonchev–Trinajstić information content (AvgIpc) is 2.76. The largest absolute Gasteiger partial charge is 0.374 e. The fraction of sp³-hybridized carbons (Fsp3) is 0.200. The maximum absolute atomic E-state index is 4.93. The quantitative estimate of drug-likeness (QED) is 0.635. The normalized spacial score (nSPS) is 10.5. The lowest BCUT2D eigenvalue weighted by Gasteiger charge is -1.93. The highest BCUT2D eigenvalue weighted by Gasteiger charge is 2.04. The molecule has 1 aromatic heterocycles. The summed E-state index contributed by atoms with van der Waals surface area (Å²) in [5, 5.41) is 7.67. The standard InChI is InChI=1S/C10H11N3OS/c1-14-7-15-10-11-9(12-13-10)8-5-3-2-4-6-8/h2-6H,7H2,1H3,(H,11,12,13). The fourth-order valence-electron chi connectivity index (χ4n) is 1.15. The molecule has 0 saturated carbocycles. The molecule has 0 radical (unpaired) electrons. The molecule has 78 valence electrons. The number of H-pyrrole nitrogens is 1. The Morgan fingerprint density at radius 1 is 1.33 bits per heavy atom. The van der Waals surface area contributed by atoms with Crippen LogP contribution in [0.5, 0.6) is 0 Å². The van der Waals surface area contributed by atoms with Gasteiger partial charge in [0, 0.05) is 12.7 Å². The van der Waals surface area contributed by atoms with Gasteiger partial charge in [-0.05, 0) is 0 Å². The van der Waals surface area contributed by atoms with E-state index < -0.39 is 0 Å². The Bertz CT molecular complexity index is 416. The summed E-state index contributed by atoms with van der Waals surface area (Å²) < 4.78 is 4.93. The first-order valence-electron chi connectivity index (χ1n) is 4.49. The zero-order valence-electron chi connectivity index (χ0n) is 8.30. The van der Waals surface area contributed by atoms with Crippen LogP contribution in [0.1, 0.15) is 0 Å². The van der Waals surface area contributed by atoms with Gasteiger partial charge in [0.25, 0.3) is 0 Å². The van der Waals surface area contributed by atoms with E-state index in [-0.39, 0.29) is 0 Å². The topological polar surface area (TPSA) is 50.8 Å². The van der Waals surface area contributed by atoms with Crippen LogP contribution in [-0.4, -0.2) is 28.2 Å². The number of thioether (sulfide) groups is 1. The molecule has 15 heavy (non-hydrogen) atoms. The van der Waals surface area contributed by atoms with Crippen molar-refractivity contribution >= 4 is 11.8 Å². The Balaban J connectivity index is 2.14. The third kappa shape index (κ3) is 2.57. The molecular formula is C10H11N3OS. The number of nitrogens with zero attached hydrogens (tertiary/aromatic N) is 2. The van der Waals surface area contributed by atoms with E-state index in [0.29, 0.717) is 11.1 Å². The number of aromatic amines is 1. The van der Waals surface area contributed by atoms with Gasteiger partial charge < -0.3 is 4.74 Å². The maximum atomic E-state index is 4.93. The number of rotatable bonds is 4. The zero-order valence-corrected chi connectivity index (χ0v) is 9.12. The molecule has 0 bridgehead atoms. The molecule has 1 aromatic carbocycles. The van der Waals surface area contributed by atoms with Gasteiger partial charge in [-0.25, -0.2) is 4.98 Å². The Morgan fingerprint density at radius 3 is 2.87 bits per heavy atom. The Kier molecular flexibility index (Phi) is 3.37. The summed E-state index contributed by atoms with van der Waals surface area (Å²) in [5.74, 6) is 1.35. The van der Waals surface area contributed by atoms with Gasteiger partial charge in [-0.3, -0.25) is 5.10 Å². The molecule has 0 fully saturated rings. The number of hydrogen-bond acceptors (Lipinski definition) is 4. The van der Waals surface area contributed by atoms with Gasteiger partial charge in [-0.1, -0.05) is 42.1 Å². The third-order valence-corrected chi connectivity index (χ3v) is 2.61. The second-order valence-corrected chi connectivity index (χ2v) is 3.77. The Labute approximate surface area is 92.1 Å². The van der Waals surface area contributed by atoms with Gasteiger partial charge in [0.15, 0.2) is 5.82 Å². The molecule has 0 aliphatic rings. The molecule has 1 heterocycles. The molecular weight excluding hydrogens is 210 g/mol. The molecule has 0 spiro atoms. The van der Waals surface area contributed by atoms with E-state index in [1.807, 2.05) is 30.3 Å². The molecule has 2 aromatic rings. The third-order valence-electron chi connectivity index (χ3n) is 1.82. The van der Waals surface area contributed by atoms with E-state index in [1.165, 1.54) is 11.8 Å². The van der Waals surface area contributed by atoms with E-state index in [9.17, 15) is 0 Å². The van der Waals surface area contributed by atoms with Crippen LogP contribution in [0.4, 0.5) is 0 Å². The van der Waals surface area contributed by atoms with E-state index in [1.54, 1.807) is 7.11 Å². The minimum absolute atomic E-state index is 0.562. The van der Waals surface area contributed by atoms with E-state index in [2.05, 4.69) is 15.2 Å². The second-order valence-electron chi connectivity index (χ2n) is 2.88. The predicted octanol–water partition coefficient (Wildman–Crippen LogP) is 2.17. The molecule has 4 nitrogen and oxygen atoms in total. The van der Waals surface area contributed by atoms with Crippen LogP contribution >= 0.6 is 11.8 Å². The maximum Gasteiger partial charge on any atom is 0.210 e. The lowest BCUT2D eigenvalue weighted by molar-refractivity contribution is 0.258. The molecule has 5 heteroatoms. The van der Waals surface area contributed by atoms with Crippen molar-refractivity contribution in [1.29, 1.82) is 0 Å². The van der Waals surface area contributed by atoms with E-state index >= 15 is 0 Å². The van der Waals surface area contributed by atoms with Crippen LogP contribution in [0.15, 0.2) is 35.5 Å². The first-order valence-corrected chi connectivity index (χ1v) is 5.48. The van der Waals surface area contributed by atoms with Gasteiger partial charge >= 0.3 is 0 Å². The predicted molar refractivity (Wildman–Crippen MR) is 59.6 cm³/mol. The van der Waals surface area contributed by atoms with Crippen molar-refractivity contribution in [2.24, 2.45) is 0 Å². The Morgan fingerprint density at radius 2 is 2.13 bits per heavy atom. The van der Waals surface area contributed by atoms with Crippen molar-refractivity contribution in [1.82, 2.24) is 15.2 Å². The van der Waals surface area contributed by atoms with Gasteiger partial charge in [-0.2, -0.15) is 0 Å². The smallest absolute Gasteiger partial charge is 0.210 e. The summed E-state index contributed by atoms with van der Waals surface area (Å²) in [6.07, 6.45) is 0. The van der Waals surface area contributed by atoms with Crippen molar-refractivity contribution in [3.63, 3.8) is 0 Å². The summed E-state index contributed by atoms with van der Waals surface area (Å²) in [6.45, 7) is 0. The van der Waals surface area contributed by atoms with Crippen LogP contribution in [0.3, 0.4) is 0 Å². The molecule has 0 amide bonds. The number of benzene rings is 1. The summed E-state index contributed by atoms with van der Waals surface area (Å²) >= 11 is 1.46. The second kappa shape index (κ2) is 4.95. The van der Waals surface area contributed by atoms with Crippen molar-refractivity contribution in [2.75, 3.05) is 13.0 Å². The van der Waals surface area contributed by atoms with Crippen LogP contribution in [0, 0.1) is 0 Å². The molecule has 0 aliphatic heterocycles. The molecule has 1 N–H and O–H groups in total. The van der Waals surface area contributed by atoms with E-state index in [0.717, 1.165) is 11.4 Å². The number of hydrogen-bond donors (Lipinski definition) is 1. The fourth-order valence-corrected chi connectivity index (χ4v) is 1.64. The van der Waals surface area contributed by atoms with Gasteiger partial charge in [0.2, 0.25) is 5.16 Å². The van der Waals surface area contributed by atoms with Crippen LogP contribution < -0.4 is 0 Å². The number of methoxy groups -OCH3 is 1. The zero-order chi connectivity index (χ0) is 10.5. The van der Waals surface area contributed by atoms with Gasteiger partial charge in [-0.15, -0.1) is 5.10 Å². The van der Waals surface area contributed by atoms with Gasteiger partial charge in [0.1, 0.15) is 0 Å². The molecule has 0 saturated heterocycles. The van der Waals surface area contributed by atoms with Crippen molar-refractivity contribution in [3.8, 4) is 11.4 Å². The summed E-state index contributed by atoms with van der Waals surface area (Å²) in [5.41, 5.74) is 1.04. The first kappa shape index (κ1) is 10.2. The number of aromatic nitrogens is 3. The Hall–Kier alpha value is -1.33. The number of nitrogens with one attached hydrogen (secondary N) is 1. The number of ether oxygens (including phenoxy) is 1. The average molecular weight is 221 g/mol. The summed E-state index contributed by atoms with van der Waals surface area (Å²) in [7, 11) is 1.65. The van der Waals surface area contributed by atoms with Crippen molar-refractivity contribution in [3.05, 3.63) is 30.3 Å². The van der Waals surface area contributed by atoms with Crippen molar-refractivity contribution < 1.29 is 4.74 Å². The van der Waals surface area contributed by atoms with Crippen LogP contribution in [0.25, 0.3) is 11.4 Å². The highest BCUT2D eigenvalue weighted by Crippen LogP contribution is 2.18. The minimum Gasteiger partial charge on any atom is -0.374 e. The van der Waals surface area contributed by atoms with Crippen LogP contribution in [-0.2, 0) is 4.74 Å².